The van der Waals surface area contributed by atoms with Crippen LogP contribution in [0.15, 0.2) is 72.9 Å². The number of hydrogen-bond donors (Lipinski definition) is 1. The summed E-state index contributed by atoms with van der Waals surface area (Å²) in [5.41, 5.74) is 4.00. The zero-order chi connectivity index (χ0) is 16.9. The van der Waals surface area contributed by atoms with E-state index < -0.39 is 0 Å². The molecule has 0 amide bonds. The molecule has 1 N–H and O–H groups in total. The van der Waals surface area contributed by atoms with Crippen molar-refractivity contribution in [3.63, 3.8) is 0 Å². The molecule has 0 radical (unpaired) electrons. The average molecular weight is 323 g/mol. The zero-order valence-electron chi connectivity index (χ0n) is 13.7. The summed E-state index contributed by atoms with van der Waals surface area (Å²) >= 11 is 0. The van der Waals surface area contributed by atoms with Gasteiger partial charge in [-0.3, -0.25) is 5.10 Å². The lowest BCUT2D eigenvalue weighted by Gasteiger charge is -2.00. The van der Waals surface area contributed by atoms with E-state index in [1.807, 2.05) is 18.2 Å². The van der Waals surface area contributed by atoms with Gasteiger partial charge in [-0.15, -0.1) is 0 Å². The van der Waals surface area contributed by atoms with Crippen LogP contribution in [0.25, 0.3) is 22.0 Å². The lowest BCUT2D eigenvalue weighted by Crippen LogP contribution is -1.84. The Hall–Kier alpha value is -3.38. The number of hydrogen-bond acceptors (Lipinski definition) is 2. The second-order valence-electron chi connectivity index (χ2n) is 5.86. The van der Waals surface area contributed by atoms with Crippen LogP contribution in [-0.4, -0.2) is 15.2 Å². The van der Waals surface area contributed by atoms with E-state index in [0.717, 1.165) is 35.5 Å². The Morgan fingerprint density at radius 2 is 1.76 bits per heavy atom. The minimum atomic E-state index is 0.774. The second kappa shape index (κ2) is 7.02. The van der Waals surface area contributed by atoms with Crippen molar-refractivity contribution in [2.75, 3.05) is 0 Å². The normalized spacial score (nSPS) is 10.4. The van der Waals surface area contributed by atoms with Crippen molar-refractivity contribution in [1.82, 2.24) is 15.2 Å². The molecule has 0 aliphatic carbocycles. The zero-order valence-corrected chi connectivity index (χ0v) is 13.7. The summed E-state index contributed by atoms with van der Waals surface area (Å²) < 4.78 is 0. The highest BCUT2D eigenvalue weighted by atomic mass is 15.1. The molecule has 0 spiro atoms. The van der Waals surface area contributed by atoms with E-state index in [9.17, 15) is 0 Å². The predicted molar refractivity (Wildman–Crippen MR) is 101 cm³/mol. The quantitative estimate of drug-likeness (QED) is 0.559. The van der Waals surface area contributed by atoms with Crippen LogP contribution in [0.2, 0.25) is 0 Å². The minimum absolute atomic E-state index is 0.774. The number of fused-ring (bicyclic) bond motifs is 1. The van der Waals surface area contributed by atoms with Crippen LogP contribution >= 0.6 is 0 Å². The van der Waals surface area contributed by atoms with Crippen molar-refractivity contribution >= 4 is 10.8 Å². The van der Waals surface area contributed by atoms with Gasteiger partial charge in [0.05, 0.1) is 5.69 Å². The van der Waals surface area contributed by atoms with Gasteiger partial charge in [-0.1, -0.05) is 48.4 Å². The Balaban J connectivity index is 1.45. The molecule has 3 heteroatoms. The van der Waals surface area contributed by atoms with Gasteiger partial charge in [-0.2, -0.15) is 5.10 Å². The first kappa shape index (κ1) is 15.2. The summed E-state index contributed by atoms with van der Waals surface area (Å²) in [6.45, 7) is 0. The molecule has 4 aromatic rings. The summed E-state index contributed by atoms with van der Waals surface area (Å²) in [4.78, 5) is 4.20. The number of benzene rings is 2. The topological polar surface area (TPSA) is 41.6 Å². The summed E-state index contributed by atoms with van der Waals surface area (Å²) in [6, 6.07) is 22.6. The van der Waals surface area contributed by atoms with E-state index in [2.05, 4.69) is 75.6 Å². The van der Waals surface area contributed by atoms with Crippen LogP contribution in [0.3, 0.4) is 0 Å². The Morgan fingerprint density at radius 3 is 2.64 bits per heavy atom. The SMILES string of the molecule is C(#Cc1ccccn1)CCc1cc(-c2ccc3ccccc3c2)n[nH]1. The fourth-order valence-electron chi connectivity index (χ4n) is 2.77. The molecule has 0 aliphatic rings. The van der Waals surface area contributed by atoms with E-state index in [-0.39, 0.29) is 0 Å². The van der Waals surface area contributed by atoms with Gasteiger partial charge in [0.25, 0.3) is 0 Å². The van der Waals surface area contributed by atoms with Gasteiger partial charge in [0.15, 0.2) is 0 Å². The van der Waals surface area contributed by atoms with Gasteiger partial charge < -0.3 is 0 Å². The molecule has 0 atom stereocenters. The molecule has 2 aromatic carbocycles. The number of aromatic nitrogens is 3. The first-order valence-corrected chi connectivity index (χ1v) is 8.32. The largest absolute Gasteiger partial charge is 0.282 e. The first-order chi connectivity index (χ1) is 12.4. The molecule has 0 saturated heterocycles. The number of aryl methyl sites for hydroxylation is 1. The van der Waals surface area contributed by atoms with Gasteiger partial charge >= 0.3 is 0 Å². The van der Waals surface area contributed by atoms with Crippen LogP contribution in [0.5, 0.6) is 0 Å². The average Bonchev–Trinajstić information content (AvgIpc) is 3.15. The van der Waals surface area contributed by atoms with E-state index in [0.29, 0.717) is 0 Å². The number of aromatic amines is 1. The number of H-pyrrole nitrogens is 1. The highest BCUT2D eigenvalue weighted by Gasteiger charge is 2.04. The van der Waals surface area contributed by atoms with Crippen LogP contribution < -0.4 is 0 Å². The van der Waals surface area contributed by atoms with Crippen molar-refractivity contribution in [3.05, 3.63) is 84.3 Å². The molecule has 0 bridgehead atoms. The summed E-state index contributed by atoms with van der Waals surface area (Å²) in [6.07, 6.45) is 3.38. The third-order valence-electron chi connectivity index (χ3n) is 4.08. The van der Waals surface area contributed by atoms with Gasteiger partial charge in [-0.05, 0) is 41.0 Å². The van der Waals surface area contributed by atoms with Crippen LogP contribution in [0, 0.1) is 11.8 Å². The van der Waals surface area contributed by atoms with Crippen molar-refractivity contribution in [2.45, 2.75) is 12.8 Å². The maximum Gasteiger partial charge on any atom is 0.113 e. The Labute approximate surface area is 146 Å². The van der Waals surface area contributed by atoms with Crippen molar-refractivity contribution < 1.29 is 0 Å². The third kappa shape index (κ3) is 3.59. The molecule has 0 fully saturated rings. The smallest absolute Gasteiger partial charge is 0.113 e. The van der Waals surface area contributed by atoms with Crippen molar-refractivity contribution in [3.8, 4) is 23.1 Å². The molecule has 0 unspecified atom stereocenters. The number of nitrogens with zero attached hydrogens (tertiary/aromatic N) is 2. The van der Waals surface area contributed by atoms with E-state index in [4.69, 9.17) is 0 Å². The maximum atomic E-state index is 4.44. The number of pyridine rings is 1. The molecule has 2 heterocycles. The highest BCUT2D eigenvalue weighted by molar-refractivity contribution is 5.86. The summed E-state index contributed by atoms with van der Waals surface area (Å²) in [7, 11) is 0. The van der Waals surface area contributed by atoms with Gasteiger partial charge in [0.2, 0.25) is 0 Å². The van der Waals surface area contributed by atoms with Crippen molar-refractivity contribution in [2.24, 2.45) is 0 Å². The standard InChI is InChI=1S/C22H17N3/c1-2-8-18-15-19(13-12-17(18)7-1)22-16-21(24-25-22)11-4-3-9-20-10-5-6-14-23-20/h1-2,5-8,10,12-16H,4,11H2,(H,24,25). The molecule has 0 aliphatic heterocycles. The molecule has 4 rings (SSSR count). The molecule has 2 aromatic heterocycles. The fourth-order valence-corrected chi connectivity index (χ4v) is 2.77. The van der Waals surface area contributed by atoms with E-state index >= 15 is 0 Å². The lowest BCUT2D eigenvalue weighted by atomic mass is 10.0. The molecular formula is C22H17N3. The summed E-state index contributed by atoms with van der Waals surface area (Å²) in [5.74, 6) is 6.24. The van der Waals surface area contributed by atoms with Crippen LogP contribution in [0.4, 0.5) is 0 Å². The van der Waals surface area contributed by atoms with Crippen LogP contribution in [0.1, 0.15) is 17.8 Å². The Bertz CT molecular complexity index is 1050. The Morgan fingerprint density at radius 1 is 0.880 bits per heavy atom. The highest BCUT2D eigenvalue weighted by Crippen LogP contribution is 2.23. The number of nitrogens with one attached hydrogen (secondary N) is 1. The minimum Gasteiger partial charge on any atom is -0.282 e. The molecule has 25 heavy (non-hydrogen) atoms. The lowest BCUT2D eigenvalue weighted by molar-refractivity contribution is 0.930. The fraction of sp³-hybridized carbons (Fsp3) is 0.0909. The van der Waals surface area contributed by atoms with Gasteiger partial charge in [0, 0.05) is 30.3 Å². The second-order valence-corrected chi connectivity index (χ2v) is 5.86. The first-order valence-electron chi connectivity index (χ1n) is 8.32. The molecule has 3 nitrogen and oxygen atoms in total. The predicted octanol–water partition coefficient (Wildman–Crippen LogP) is 4.61. The summed E-state index contributed by atoms with van der Waals surface area (Å²) in [5, 5.41) is 10.0. The van der Waals surface area contributed by atoms with Gasteiger partial charge in [0.1, 0.15) is 5.69 Å². The molecule has 0 saturated carbocycles. The van der Waals surface area contributed by atoms with E-state index in [1.54, 1.807) is 6.20 Å². The van der Waals surface area contributed by atoms with Crippen LogP contribution in [-0.2, 0) is 6.42 Å². The van der Waals surface area contributed by atoms with E-state index in [1.165, 1.54) is 10.8 Å². The van der Waals surface area contributed by atoms with Crippen molar-refractivity contribution in [1.29, 1.82) is 0 Å². The number of rotatable bonds is 3. The Kier molecular flexibility index (Phi) is 4.26. The third-order valence-corrected chi connectivity index (χ3v) is 4.08. The maximum absolute atomic E-state index is 4.44. The molecular weight excluding hydrogens is 306 g/mol. The monoisotopic (exact) mass is 323 g/mol. The van der Waals surface area contributed by atoms with Gasteiger partial charge in [-0.25, -0.2) is 4.98 Å². The molecule has 120 valence electrons.